The Hall–Kier alpha value is -0.610. The van der Waals surface area contributed by atoms with E-state index in [1.165, 1.54) is 32.2 Å². The third-order valence-electron chi connectivity index (χ3n) is 3.79. The standard InChI is InChI=1S/C12H23N3O/c1-10-12(16)14-7-9-15(10)8-3-5-11-4-2-6-13-11/h10-11,13H,2-9H2,1H3,(H,14,16). The molecule has 0 aromatic rings. The van der Waals surface area contributed by atoms with Crippen LogP contribution in [0.5, 0.6) is 0 Å². The first-order valence-corrected chi connectivity index (χ1v) is 6.52. The third kappa shape index (κ3) is 2.95. The van der Waals surface area contributed by atoms with E-state index in [9.17, 15) is 4.79 Å². The molecule has 0 aliphatic carbocycles. The number of nitrogens with zero attached hydrogens (tertiary/aromatic N) is 1. The lowest BCUT2D eigenvalue weighted by molar-refractivity contribution is -0.128. The second kappa shape index (κ2) is 5.64. The van der Waals surface area contributed by atoms with Crippen molar-refractivity contribution in [2.45, 2.75) is 44.7 Å². The number of carbonyl (C=O) groups excluding carboxylic acids is 1. The molecule has 0 spiro atoms. The Bertz CT molecular complexity index is 238. The van der Waals surface area contributed by atoms with E-state index in [0.717, 1.165) is 25.7 Å². The molecule has 4 heteroatoms. The number of nitrogens with one attached hydrogen (secondary N) is 2. The molecule has 2 atom stereocenters. The Morgan fingerprint density at radius 1 is 1.44 bits per heavy atom. The minimum Gasteiger partial charge on any atom is -0.353 e. The summed E-state index contributed by atoms with van der Waals surface area (Å²) < 4.78 is 0. The Balaban J connectivity index is 1.66. The number of piperazine rings is 1. The highest BCUT2D eigenvalue weighted by Gasteiger charge is 2.25. The van der Waals surface area contributed by atoms with Gasteiger partial charge in [-0.25, -0.2) is 0 Å². The fourth-order valence-corrected chi connectivity index (χ4v) is 2.68. The van der Waals surface area contributed by atoms with Gasteiger partial charge in [0.2, 0.25) is 5.91 Å². The summed E-state index contributed by atoms with van der Waals surface area (Å²) in [7, 11) is 0. The fraction of sp³-hybridized carbons (Fsp3) is 0.917. The van der Waals surface area contributed by atoms with Crippen molar-refractivity contribution in [1.29, 1.82) is 0 Å². The lowest BCUT2D eigenvalue weighted by Gasteiger charge is -2.32. The van der Waals surface area contributed by atoms with Crippen LogP contribution < -0.4 is 10.6 Å². The smallest absolute Gasteiger partial charge is 0.237 e. The predicted molar refractivity (Wildman–Crippen MR) is 64.3 cm³/mol. The fourth-order valence-electron chi connectivity index (χ4n) is 2.68. The summed E-state index contributed by atoms with van der Waals surface area (Å²) in [6.45, 7) is 6.07. The van der Waals surface area contributed by atoms with Gasteiger partial charge >= 0.3 is 0 Å². The van der Waals surface area contributed by atoms with Crippen LogP contribution in [0, 0.1) is 0 Å². The van der Waals surface area contributed by atoms with Crippen molar-refractivity contribution in [3.8, 4) is 0 Å². The first kappa shape index (κ1) is 11.9. The van der Waals surface area contributed by atoms with E-state index in [1.54, 1.807) is 0 Å². The minimum atomic E-state index is 0.0605. The van der Waals surface area contributed by atoms with Gasteiger partial charge in [0.15, 0.2) is 0 Å². The summed E-state index contributed by atoms with van der Waals surface area (Å²) >= 11 is 0. The molecular formula is C12H23N3O. The molecule has 16 heavy (non-hydrogen) atoms. The van der Waals surface area contributed by atoms with Crippen molar-refractivity contribution >= 4 is 5.91 Å². The van der Waals surface area contributed by atoms with E-state index < -0.39 is 0 Å². The molecule has 2 fully saturated rings. The van der Waals surface area contributed by atoms with Gasteiger partial charge in [-0.2, -0.15) is 0 Å². The predicted octanol–water partition coefficient (Wildman–Crippen LogP) is 0.339. The maximum absolute atomic E-state index is 11.5. The largest absolute Gasteiger partial charge is 0.353 e. The summed E-state index contributed by atoms with van der Waals surface area (Å²) in [4.78, 5) is 13.8. The molecule has 2 rings (SSSR count). The van der Waals surface area contributed by atoms with Gasteiger partial charge in [0.25, 0.3) is 0 Å². The molecule has 2 aliphatic heterocycles. The molecule has 0 bridgehead atoms. The molecule has 2 N–H and O–H groups in total. The average Bonchev–Trinajstić information content (AvgIpc) is 2.77. The molecule has 2 saturated heterocycles. The van der Waals surface area contributed by atoms with Crippen LogP contribution in [-0.2, 0) is 4.79 Å². The van der Waals surface area contributed by atoms with Gasteiger partial charge in [-0.15, -0.1) is 0 Å². The Labute approximate surface area is 97.8 Å². The highest BCUT2D eigenvalue weighted by molar-refractivity contribution is 5.81. The number of amides is 1. The first-order chi connectivity index (χ1) is 7.77. The molecule has 1 amide bonds. The van der Waals surface area contributed by atoms with E-state index in [-0.39, 0.29) is 11.9 Å². The van der Waals surface area contributed by atoms with E-state index in [4.69, 9.17) is 0 Å². The maximum Gasteiger partial charge on any atom is 0.237 e. The number of rotatable bonds is 4. The molecular weight excluding hydrogens is 202 g/mol. The summed E-state index contributed by atoms with van der Waals surface area (Å²) in [5, 5.41) is 6.42. The lowest BCUT2D eigenvalue weighted by atomic mass is 10.1. The van der Waals surface area contributed by atoms with Gasteiger partial charge in [-0.3, -0.25) is 9.69 Å². The van der Waals surface area contributed by atoms with Crippen LogP contribution in [0.1, 0.15) is 32.6 Å². The summed E-state index contributed by atoms with van der Waals surface area (Å²) in [6.07, 6.45) is 5.11. The monoisotopic (exact) mass is 225 g/mol. The molecule has 2 aliphatic rings. The quantitative estimate of drug-likeness (QED) is 0.725. The van der Waals surface area contributed by atoms with Gasteiger partial charge in [0.05, 0.1) is 6.04 Å². The highest BCUT2D eigenvalue weighted by Crippen LogP contribution is 2.12. The zero-order valence-electron chi connectivity index (χ0n) is 10.2. The number of carbonyl (C=O) groups is 1. The first-order valence-electron chi connectivity index (χ1n) is 6.52. The van der Waals surface area contributed by atoms with Crippen LogP contribution in [0.3, 0.4) is 0 Å². The summed E-state index contributed by atoms with van der Waals surface area (Å²) in [5.41, 5.74) is 0. The van der Waals surface area contributed by atoms with Gasteiger partial charge in [-0.1, -0.05) is 0 Å². The second-order valence-corrected chi connectivity index (χ2v) is 4.94. The van der Waals surface area contributed by atoms with Gasteiger partial charge in [0, 0.05) is 19.1 Å². The van der Waals surface area contributed by atoms with Crippen LogP contribution in [0.15, 0.2) is 0 Å². The SMILES string of the molecule is CC1C(=O)NCCN1CCCC1CCCN1. The van der Waals surface area contributed by atoms with Gasteiger partial charge in [0.1, 0.15) is 0 Å². The molecule has 0 aromatic heterocycles. The highest BCUT2D eigenvalue weighted by atomic mass is 16.2. The molecule has 0 aromatic carbocycles. The van der Waals surface area contributed by atoms with Crippen molar-refractivity contribution < 1.29 is 4.79 Å². The zero-order valence-corrected chi connectivity index (χ0v) is 10.2. The molecule has 0 radical (unpaired) electrons. The normalized spacial score (nSPS) is 31.7. The van der Waals surface area contributed by atoms with Crippen molar-refractivity contribution in [3.05, 3.63) is 0 Å². The summed E-state index contributed by atoms with van der Waals surface area (Å²) in [6, 6.07) is 0.791. The molecule has 4 nitrogen and oxygen atoms in total. The molecule has 0 saturated carbocycles. The van der Waals surface area contributed by atoms with E-state index in [0.29, 0.717) is 0 Å². The van der Waals surface area contributed by atoms with Crippen molar-refractivity contribution in [2.75, 3.05) is 26.2 Å². The van der Waals surface area contributed by atoms with Crippen LogP contribution in [0.4, 0.5) is 0 Å². The number of hydrogen-bond acceptors (Lipinski definition) is 3. The minimum absolute atomic E-state index is 0.0605. The van der Waals surface area contributed by atoms with Crippen LogP contribution >= 0.6 is 0 Å². The van der Waals surface area contributed by atoms with Gasteiger partial charge in [-0.05, 0) is 45.7 Å². The summed E-state index contributed by atoms with van der Waals surface area (Å²) in [5.74, 6) is 0.185. The molecule has 2 heterocycles. The Morgan fingerprint density at radius 3 is 3.06 bits per heavy atom. The van der Waals surface area contributed by atoms with Crippen LogP contribution in [0.25, 0.3) is 0 Å². The average molecular weight is 225 g/mol. The Kier molecular flexibility index (Phi) is 4.18. The third-order valence-corrected chi connectivity index (χ3v) is 3.79. The number of hydrogen-bond donors (Lipinski definition) is 2. The maximum atomic E-state index is 11.5. The zero-order chi connectivity index (χ0) is 11.4. The second-order valence-electron chi connectivity index (χ2n) is 4.94. The topological polar surface area (TPSA) is 44.4 Å². The Morgan fingerprint density at radius 2 is 2.31 bits per heavy atom. The van der Waals surface area contributed by atoms with Crippen molar-refractivity contribution in [3.63, 3.8) is 0 Å². The van der Waals surface area contributed by atoms with Crippen molar-refractivity contribution in [2.24, 2.45) is 0 Å². The van der Waals surface area contributed by atoms with Crippen LogP contribution in [-0.4, -0.2) is 49.1 Å². The molecule has 92 valence electrons. The van der Waals surface area contributed by atoms with Crippen LogP contribution in [0.2, 0.25) is 0 Å². The van der Waals surface area contributed by atoms with Gasteiger partial charge < -0.3 is 10.6 Å². The molecule has 2 unspecified atom stereocenters. The van der Waals surface area contributed by atoms with E-state index in [1.807, 2.05) is 6.92 Å². The van der Waals surface area contributed by atoms with Crippen molar-refractivity contribution in [1.82, 2.24) is 15.5 Å². The van der Waals surface area contributed by atoms with E-state index >= 15 is 0 Å². The van der Waals surface area contributed by atoms with E-state index in [2.05, 4.69) is 15.5 Å². The lowest BCUT2D eigenvalue weighted by Crippen LogP contribution is -2.54.